The van der Waals surface area contributed by atoms with Crippen molar-refractivity contribution in [1.82, 2.24) is 5.32 Å². The van der Waals surface area contributed by atoms with Gasteiger partial charge in [-0.3, -0.25) is 4.79 Å². The van der Waals surface area contributed by atoms with Crippen LogP contribution >= 0.6 is 11.3 Å². The van der Waals surface area contributed by atoms with Gasteiger partial charge in [0.1, 0.15) is 0 Å². The van der Waals surface area contributed by atoms with Gasteiger partial charge < -0.3 is 11.1 Å². The largest absolute Gasteiger partial charge is 0.350 e. The maximum absolute atomic E-state index is 11.7. The topological polar surface area (TPSA) is 55.1 Å². The third-order valence-corrected chi connectivity index (χ3v) is 3.99. The van der Waals surface area contributed by atoms with Gasteiger partial charge >= 0.3 is 0 Å². The summed E-state index contributed by atoms with van der Waals surface area (Å²) in [6.45, 7) is 8.61. The van der Waals surface area contributed by atoms with Gasteiger partial charge in [-0.1, -0.05) is 0 Å². The van der Waals surface area contributed by atoms with Crippen LogP contribution in [0.1, 0.15) is 42.0 Å². The second-order valence-electron chi connectivity index (χ2n) is 5.43. The summed E-state index contributed by atoms with van der Waals surface area (Å²) in [4.78, 5) is 14.4. The lowest BCUT2D eigenvalue weighted by Gasteiger charge is -2.24. The number of carbonyl (C=O) groups is 1. The molecule has 0 fully saturated rings. The molecule has 0 aliphatic rings. The number of nitrogens with two attached hydrogens (primary N) is 1. The van der Waals surface area contributed by atoms with Gasteiger partial charge in [-0.25, -0.2) is 0 Å². The van der Waals surface area contributed by atoms with Crippen LogP contribution in [-0.4, -0.2) is 18.0 Å². The molecule has 4 heteroatoms. The highest BCUT2D eigenvalue weighted by atomic mass is 32.1. The van der Waals surface area contributed by atoms with Crippen LogP contribution in [0.3, 0.4) is 0 Å². The highest BCUT2D eigenvalue weighted by molar-refractivity contribution is 7.12. The molecule has 0 aromatic carbocycles. The van der Waals surface area contributed by atoms with Crippen LogP contribution in [-0.2, 0) is 11.2 Å². The molecule has 3 nitrogen and oxygen atoms in total. The number of aryl methyl sites for hydroxylation is 3. The number of amides is 1. The Morgan fingerprint density at radius 1 is 1.44 bits per heavy atom. The molecule has 0 radical (unpaired) electrons. The van der Waals surface area contributed by atoms with Crippen molar-refractivity contribution in [2.45, 2.75) is 52.5 Å². The Labute approximate surface area is 114 Å². The second kappa shape index (κ2) is 6.34. The van der Waals surface area contributed by atoms with E-state index >= 15 is 0 Å². The van der Waals surface area contributed by atoms with Crippen molar-refractivity contribution in [2.24, 2.45) is 5.73 Å². The van der Waals surface area contributed by atoms with E-state index < -0.39 is 0 Å². The third-order valence-electron chi connectivity index (χ3n) is 2.98. The molecule has 0 aliphatic heterocycles. The van der Waals surface area contributed by atoms with Crippen LogP contribution in [0.15, 0.2) is 6.07 Å². The first-order valence-corrected chi connectivity index (χ1v) is 7.23. The van der Waals surface area contributed by atoms with Gasteiger partial charge in [0.2, 0.25) is 5.91 Å². The molecule has 1 aromatic rings. The summed E-state index contributed by atoms with van der Waals surface area (Å²) >= 11 is 1.82. The predicted octanol–water partition coefficient (Wildman–Crippen LogP) is 2.54. The molecule has 0 saturated heterocycles. The summed E-state index contributed by atoms with van der Waals surface area (Å²) in [6.07, 6.45) is 2.44. The number of nitrogens with one attached hydrogen (secondary N) is 1. The van der Waals surface area contributed by atoms with Gasteiger partial charge in [0.15, 0.2) is 0 Å². The summed E-state index contributed by atoms with van der Waals surface area (Å²) in [6, 6.07) is 2.22. The van der Waals surface area contributed by atoms with E-state index in [0.717, 1.165) is 12.8 Å². The van der Waals surface area contributed by atoms with E-state index in [1.54, 1.807) is 0 Å². The molecule has 1 rings (SSSR count). The highest BCUT2D eigenvalue weighted by Gasteiger charge is 2.17. The van der Waals surface area contributed by atoms with Gasteiger partial charge in [-0.15, -0.1) is 11.3 Å². The zero-order chi connectivity index (χ0) is 13.8. The Bertz CT molecular complexity index is 410. The Balaban J connectivity index is 2.34. The number of thiophene rings is 1. The van der Waals surface area contributed by atoms with E-state index in [2.05, 4.69) is 25.2 Å². The second-order valence-corrected chi connectivity index (χ2v) is 6.89. The molecule has 1 aromatic heterocycles. The molecule has 3 N–H and O–H groups in total. The van der Waals surface area contributed by atoms with Crippen LogP contribution in [0.5, 0.6) is 0 Å². The molecular weight excluding hydrogens is 244 g/mol. The lowest BCUT2D eigenvalue weighted by Crippen LogP contribution is -2.48. The zero-order valence-electron chi connectivity index (χ0n) is 11.8. The fourth-order valence-electron chi connectivity index (χ4n) is 1.86. The first-order valence-electron chi connectivity index (χ1n) is 6.41. The molecule has 0 atom stereocenters. The minimum atomic E-state index is -0.300. The number of hydrogen-bond acceptors (Lipinski definition) is 3. The van der Waals surface area contributed by atoms with E-state index in [0.29, 0.717) is 13.0 Å². The van der Waals surface area contributed by atoms with E-state index in [1.807, 2.05) is 25.2 Å². The number of carbonyl (C=O) groups excluding carboxylic acids is 1. The average molecular weight is 268 g/mol. The molecule has 0 saturated carbocycles. The monoisotopic (exact) mass is 268 g/mol. The van der Waals surface area contributed by atoms with Crippen LogP contribution in [0.4, 0.5) is 0 Å². The summed E-state index contributed by atoms with van der Waals surface area (Å²) in [5.41, 5.74) is 6.66. The molecule has 0 spiro atoms. The standard InChI is InChI=1S/C14H24N2OS/c1-10-8-12(11(2)18-10)6-5-7-13(17)16-14(3,4)9-15/h8H,5-7,9,15H2,1-4H3,(H,16,17). The van der Waals surface area contributed by atoms with Gasteiger partial charge in [0, 0.05) is 28.3 Å². The summed E-state index contributed by atoms with van der Waals surface area (Å²) in [5.74, 6) is 0.0926. The van der Waals surface area contributed by atoms with E-state index in [1.165, 1.54) is 15.3 Å². The quantitative estimate of drug-likeness (QED) is 0.833. The van der Waals surface area contributed by atoms with Crippen molar-refractivity contribution in [3.8, 4) is 0 Å². The maximum atomic E-state index is 11.7. The first kappa shape index (κ1) is 15.2. The van der Waals surface area contributed by atoms with Crippen LogP contribution in [0.25, 0.3) is 0 Å². The Morgan fingerprint density at radius 3 is 2.61 bits per heavy atom. The smallest absolute Gasteiger partial charge is 0.220 e. The summed E-state index contributed by atoms with van der Waals surface area (Å²) in [5, 5.41) is 2.95. The highest BCUT2D eigenvalue weighted by Crippen LogP contribution is 2.22. The Kier molecular flexibility index (Phi) is 5.35. The van der Waals surface area contributed by atoms with Crippen molar-refractivity contribution in [3.63, 3.8) is 0 Å². The molecular formula is C14H24N2OS. The van der Waals surface area contributed by atoms with Crippen molar-refractivity contribution in [1.29, 1.82) is 0 Å². The maximum Gasteiger partial charge on any atom is 0.220 e. The lowest BCUT2D eigenvalue weighted by atomic mass is 10.0. The molecule has 1 amide bonds. The Morgan fingerprint density at radius 2 is 2.11 bits per heavy atom. The van der Waals surface area contributed by atoms with Gasteiger partial charge in [0.25, 0.3) is 0 Å². The minimum Gasteiger partial charge on any atom is -0.350 e. The SMILES string of the molecule is Cc1cc(CCCC(=O)NC(C)(C)CN)c(C)s1. The predicted molar refractivity (Wildman–Crippen MR) is 78.0 cm³/mol. The first-order chi connectivity index (χ1) is 8.34. The molecule has 0 aliphatic carbocycles. The minimum absolute atomic E-state index is 0.0926. The van der Waals surface area contributed by atoms with Crippen molar-refractivity contribution in [3.05, 3.63) is 21.4 Å². The zero-order valence-corrected chi connectivity index (χ0v) is 12.6. The molecule has 1 heterocycles. The van der Waals surface area contributed by atoms with Crippen LogP contribution in [0.2, 0.25) is 0 Å². The average Bonchev–Trinajstić information content (AvgIpc) is 2.57. The van der Waals surface area contributed by atoms with Crippen molar-refractivity contribution in [2.75, 3.05) is 6.54 Å². The van der Waals surface area contributed by atoms with E-state index in [4.69, 9.17) is 5.73 Å². The van der Waals surface area contributed by atoms with Crippen molar-refractivity contribution < 1.29 is 4.79 Å². The number of rotatable bonds is 6. The van der Waals surface area contributed by atoms with Crippen LogP contribution in [0, 0.1) is 13.8 Å². The molecule has 0 unspecified atom stereocenters. The van der Waals surface area contributed by atoms with Crippen LogP contribution < -0.4 is 11.1 Å². The molecule has 0 bridgehead atoms. The third kappa shape index (κ3) is 4.78. The van der Waals surface area contributed by atoms with E-state index in [-0.39, 0.29) is 11.4 Å². The number of hydrogen-bond donors (Lipinski definition) is 2. The molecule has 102 valence electrons. The molecule has 18 heavy (non-hydrogen) atoms. The van der Waals surface area contributed by atoms with Crippen molar-refractivity contribution >= 4 is 17.2 Å². The Hall–Kier alpha value is -0.870. The fourth-order valence-corrected chi connectivity index (χ4v) is 2.84. The van der Waals surface area contributed by atoms with E-state index in [9.17, 15) is 4.79 Å². The lowest BCUT2D eigenvalue weighted by molar-refractivity contribution is -0.122. The fraction of sp³-hybridized carbons (Fsp3) is 0.643. The van der Waals surface area contributed by atoms with Gasteiger partial charge in [-0.05, 0) is 52.2 Å². The summed E-state index contributed by atoms with van der Waals surface area (Å²) in [7, 11) is 0. The normalized spacial score (nSPS) is 11.6. The van der Waals surface area contributed by atoms with Gasteiger partial charge in [-0.2, -0.15) is 0 Å². The van der Waals surface area contributed by atoms with Gasteiger partial charge in [0.05, 0.1) is 0 Å². The summed E-state index contributed by atoms with van der Waals surface area (Å²) < 4.78 is 0.